The van der Waals surface area contributed by atoms with Crippen LogP contribution < -0.4 is 4.90 Å². The summed E-state index contributed by atoms with van der Waals surface area (Å²) in [5, 5.41) is 12.2. The molecule has 0 aliphatic rings. The van der Waals surface area contributed by atoms with Gasteiger partial charge in [0.05, 0.1) is 11.1 Å². The number of nitrogens with one attached hydrogen (secondary N) is 1. The number of aryl methyl sites for hydroxylation is 1. The van der Waals surface area contributed by atoms with Crippen molar-refractivity contribution in [2.45, 2.75) is 27.7 Å². The lowest BCUT2D eigenvalue weighted by molar-refractivity contribution is -0.124. The van der Waals surface area contributed by atoms with Crippen molar-refractivity contribution in [2.75, 3.05) is 4.90 Å². The molecule has 6 heteroatoms. The number of Topliss-reactive ketones (excluding diaryl/α,β-unsaturated/α-hetero) is 1. The van der Waals surface area contributed by atoms with Crippen LogP contribution in [0.1, 0.15) is 36.7 Å². The van der Waals surface area contributed by atoms with Gasteiger partial charge in [0.25, 0.3) is 0 Å². The highest BCUT2D eigenvalue weighted by Crippen LogP contribution is 2.42. The van der Waals surface area contributed by atoms with Crippen LogP contribution in [0, 0.1) is 6.92 Å². The van der Waals surface area contributed by atoms with Crippen molar-refractivity contribution in [3.63, 3.8) is 0 Å². The number of amides is 2. The van der Waals surface area contributed by atoms with E-state index in [4.69, 9.17) is 0 Å². The predicted molar refractivity (Wildman–Crippen MR) is 96.1 cm³/mol. The number of aromatic hydroxyl groups is 1. The van der Waals surface area contributed by atoms with Crippen LogP contribution in [0.15, 0.2) is 24.3 Å². The molecule has 0 unspecified atom stereocenters. The van der Waals surface area contributed by atoms with E-state index in [1.54, 1.807) is 6.07 Å². The fraction of sp³-hybridized carbons (Fsp3) is 0.211. The van der Waals surface area contributed by atoms with Crippen LogP contribution in [0.4, 0.5) is 5.69 Å². The van der Waals surface area contributed by atoms with Gasteiger partial charge < -0.3 is 10.1 Å². The molecular formula is C19H18N2O4. The number of para-hydroxylation sites is 1. The Labute approximate surface area is 144 Å². The van der Waals surface area contributed by atoms with Crippen LogP contribution in [-0.4, -0.2) is 27.7 Å². The number of carbonyl (C=O) groups excluding carboxylic acids is 3. The first-order chi connectivity index (χ1) is 11.7. The second kappa shape index (κ2) is 5.73. The lowest BCUT2D eigenvalue weighted by atomic mass is 10.0. The van der Waals surface area contributed by atoms with Gasteiger partial charge in [-0.25, -0.2) is 4.90 Å². The minimum absolute atomic E-state index is 0.0123. The average Bonchev–Trinajstić information content (AvgIpc) is 2.88. The van der Waals surface area contributed by atoms with E-state index in [2.05, 4.69) is 4.98 Å². The normalized spacial score (nSPS) is 11.0. The Hall–Kier alpha value is -3.15. The van der Waals surface area contributed by atoms with Crippen molar-refractivity contribution in [2.24, 2.45) is 0 Å². The lowest BCUT2D eigenvalue weighted by Crippen LogP contribution is -2.33. The number of H-pyrrole nitrogens is 1. The molecular weight excluding hydrogens is 320 g/mol. The highest BCUT2D eigenvalue weighted by Gasteiger charge is 2.27. The van der Waals surface area contributed by atoms with Gasteiger partial charge in [0, 0.05) is 30.1 Å². The average molecular weight is 338 g/mol. The molecule has 3 aromatic rings. The van der Waals surface area contributed by atoms with Crippen molar-refractivity contribution in [3.8, 4) is 5.75 Å². The fourth-order valence-electron chi connectivity index (χ4n) is 3.20. The largest absolute Gasteiger partial charge is 0.505 e. The summed E-state index contributed by atoms with van der Waals surface area (Å²) in [5.41, 5.74) is 2.32. The van der Waals surface area contributed by atoms with Gasteiger partial charge >= 0.3 is 0 Å². The Balaban J connectivity index is 2.57. The van der Waals surface area contributed by atoms with Gasteiger partial charge in [0.2, 0.25) is 11.8 Å². The second-order valence-electron chi connectivity index (χ2n) is 6.10. The number of ketones is 1. The van der Waals surface area contributed by atoms with Gasteiger partial charge in [-0.1, -0.05) is 18.2 Å². The smallest absolute Gasteiger partial charge is 0.230 e. The lowest BCUT2D eigenvalue weighted by Gasteiger charge is -2.20. The van der Waals surface area contributed by atoms with Gasteiger partial charge in [0.1, 0.15) is 5.69 Å². The minimum Gasteiger partial charge on any atom is -0.505 e. The third-order valence-electron chi connectivity index (χ3n) is 4.32. The standard InChI is InChI=1S/C19H18N2O4/c1-9-6-5-7-13-15-8-14(10(2)22)19(25)18(17(15)20-16(9)13)21(11(3)23)12(4)24/h5-8,20,25H,1-4H3. The van der Waals surface area contributed by atoms with E-state index in [0.717, 1.165) is 21.4 Å². The summed E-state index contributed by atoms with van der Waals surface area (Å²) in [6, 6.07) is 7.29. The quantitative estimate of drug-likeness (QED) is 0.700. The number of phenols is 1. The minimum atomic E-state index is -0.541. The number of rotatable bonds is 2. The molecule has 0 aliphatic carbocycles. The maximum atomic E-state index is 12.0. The maximum absolute atomic E-state index is 12.0. The zero-order valence-corrected chi connectivity index (χ0v) is 14.4. The molecule has 0 saturated heterocycles. The van der Waals surface area contributed by atoms with Crippen LogP contribution in [0.3, 0.4) is 0 Å². The summed E-state index contributed by atoms with van der Waals surface area (Å²) >= 11 is 0. The van der Waals surface area contributed by atoms with Gasteiger partial charge in [-0.3, -0.25) is 14.4 Å². The summed E-state index contributed by atoms with van der Waals surface area (Å²) in [4.78, 5) is 40.1. The van der Waals surface area contributed by atoms with Gasteiger partial charge in [0.15, 0.2) is 11.5 Å². The first kappa shape index (κ1) is 16.7. The summed E-state index contributed by atoms with van der Waals surface area (Å²) in [6.45, 7) is 5.73. The first-order valence-electron chi connectivity index (χ1n) is 7.83. The molecule has 25 heavy (non-hydrogen) atoms. The van der Waals surface area contributed by atoms with E-state index >= 15 is 0 Å². The third kappa shape index (κ3) is 2.46. The van der Waals surface area contributed by atoms with Crippen molar-refractivity contribution in [3.05, 3.63) is 35.4 Å². The maximum Gasteiger partial charge on any atom is 0.230 e. The molecule has 3 rings (SSSR count). The number of hydrogen-bond donors (Lipinski definition) is 2. The molecule has 0 aliphatic heterocycles. The molecule has 128 valence electrons. The van der Waals surface area contributed by atoms with E-state index in [1.165, 1.54) is 20.8 Å². The Morgan fingerprint density at radius 3 is 2.20 bits per heavy atom. The van der Waals surface area contributed by atoms with Crippen LogP contribution in [-0.2, 0) is 9.59 Å². The summed E-state index contributed by atoms with van der Waals surface area (Å²) in [6.07, 6.45) is 0. The third-order valence-corrected chi connectivity index (χ3v) is 4.32. The number of fused-ring (bicyclic) bond motifs is 3. The molecule has 6 nitrogen and oxygen atoms in total. The molecule has 2 N–H and O–H groups in total. The second-order valence-corrected chi connectivity index (χ2v) is 6.10. The number of benzene rings is 2. The number of carbonyl (C=O) groups is 3. The molecule has 1 heterocycles. The fourth-order valence-corrected chi connectivity index (χ4v) is 3.20. The Morgan fingerprint density at radius 1 is 1.00 bits per heavy atom. The van der Waals surface area contributed by atoms with Crippen LogP contribution in [0.5, 0.6) is 5.75 Å². The molecule has 0 atom stereocenters. The number of aromatic amines is 1. The Morgan fingerprint density at radius 2 is 1.64 bits per heavy atom. The van der Waals surface area contributed by atoms with E-state index in [-0.39, 0.29) is 22.8 Å². The van der Waals surface area contributed by atoms with E-state index in [1.807, 2.05) is 25.1 Å². The Kier molecular flexibility index (Phi) is 3.83. The summed E-state index contributed by atoms with van der Waals surface area (Å²) in [5.74, 6) is -1.82. The number of hydrogen-bond acceptors (Lipinski definition) is 4. The van der Waals surface area contributed by atoms with Gasteiger partial charge in [-0.15, -0.1) is 0 Å². The number of imide groups is 1. The molecule has 2 aromatic carbocycles. The van der Waals surface area contributed by atoms with Crippen molar-refractivity contribution >= 4 is 45.1 Å². The number of aromatic nitrogens is 1. The zero-order chi connectivity index (χ0) is 18.5. The van der Waals surface area contributed by atoms with Crippen molar-refractivity contribution in [1.29, 1.82) is 0 Å². The topological polar surface area (TPSA) is 90.5 Å². The summed E-state index contributed by atoms with van der Waals surface area (Å²) in [7, 11) is 0. The SMILES string of the molecule is CC(=O)c1cc2c([nH]c3c(C)cccc32)c(N(C(C)=O)C(C)=O)c1O. The van der Waals surface area contributed by atoms with Crippen LogP contribution >= 0.6 is 0 Å². The van der Waals surface area contributed by atoms with E-state index in [0.29, 0.717) is 10.9 Å². The monoisotopic (exact) mass is 338 g/mol. The van der Waals surface area contributed by atoms with Crippen molar-refractivity contribution in [1.82, 2.24) is 4.98 Å². The number of nitrogens with zero attached hydrogens (tertiary/aromatic N) is 1. The number of anilines is 1. The van der Waals surface area contributed by atoms with Gasteiger partial charge in [-0.2, -0.15) is 0 Å². The van der Waals surface area contributed by atoms with E-state index in [9.17, 15) is 19.5 Å². The molecule has 0 saturated carbocycles. The predicted octanol–water partition coefficient (Wildman–Crippen LogP) is 3.44. The molecule has 0 fully saturated rings. The molecule has 0 spiro atoms. The first-order valence-corrected chi connectivity index (χ1v) is 7.83. The molecule has 2 amide bonds. The molecule has 1 aromatic heterocycles. The number of phenolic OH excluding ortho intramolecular Hbond substituents is 1. The highest BCUT2D eigenvalue weighted by molar-refractivity contribution is 6.24. The van der Waals surface area contributed by atoms with Crippen LogP contribution in [0.2, 0.25) is 0 Å². The highest BCUT2D eigenvalue weighted by atomic mass is 16.3. The Bertz CT molecular complexity index is 1050. The zero-order valence-electron chi connectivity index (χ0n) is 14.4. The van der Waals surface area contributed by atoms with E-state index < -0.39 is 11.8 Å². The van der Waals surface area contributed by atoms with Crippen molar-refractivity contribution < 1.29 is 19.5 Å². The summed E-state index contributed by atoms with van der Waals surface area (Å²) < 4.78 is 0. The molecule has 0 radical (unpaired) electrons. The van der Waals surface area contributed by atoms with Gasteiger partial charge in [-0.05, 0) is 25.5 Å². The van der Waals surface area contributed by atoms with Crippen LogP contribution in [0.25, 0.3) is 21.8 Å². The molecule has 0 bridgehead atoms.